The summed E-state index contributed by atoms with van der Waals surface area (Å²) in [6.45, 7) is 6.51. The number of carbonyl (C=O) groups excluding carboxylic acids is 2. The molecule has 190 valence electrons. The fraction of sp³-hybridized carbons (Fsp3) is 0.407. The van der Waals surface area contributed by atoms with Gasteiger partial charge in [0.05, 0.1) is 12.4 Å². The molecule has 4 rings (SSSR count). The smallest absolute Gasteiger partial charge is 0.341 e. The second-order valence-corrected chi connectivity index (χ2v) is 10.6. The van der Waals surface area contributed by atoms with Crippen LogP contribution in [0.1, 0.15) is 55.2 Å². The Bertz CT molecular complexity index is 1180. The number of carbonyl (C=O) groups is 2. The molecule has 0 radical (unpaired) electrons. The first-order valence-electron chi connectivity index (χ1n) is 12.4. The summed E-state index contributed by atoms with van der Waals surface area (Å²) in [7, 11) is 0. The standard InChI is InChI=1S/C27H32N4O3S2/c1-3-15-31-22(16-19-11-7-5-8-12-19)29-30-27(31)36-18-23(32)28-25-24(26(33)34-4-2)21(17-35-25)20-13-9-6-10-14-20/h3,6,9-10,13-14,17,19H,1,4-5,7-8,11-12,15-16,18H2,2H3,(H,28,32). The largest absolute Gasteiger partial charge is 0.462 e. The number of esters is 1. The lowest BCUT2D eigenvalue weighted by Crippen LogP contribution is -2.17. The number of nitrogens with zero attached hydrogens (tertiary/aromatic N) is 3. The highest BCUT2D eigenvalue weighted by molar-refractivity contribution is 7.99. The van der Waals surface area contributed by atoms with Crippen LogP contribution in [0.5, 0.6) is 0 Å². The Morgan fingerprint density at radius 2 is 2.00 bits per heavy atom. The Kier molecular flexibility index (Phi) is 9.35. The molecule has 0 unspecified atom stereocenters. The fourth-order valence-corrected chi connectivity index (χ4v) is 6.26. The van der Waals surface area contributed by atoms with E-state index in [1.165, 1.54) is 55.2 Å². The van der Waals surface area contributed by atoms with Crippen molar-refractivity contribution in [3.63, 3.8) is 0 Å². The van der Waals surface area contributed by atoms with Crippen molar-refractivity contribution < 1.29 is 14.3 Å². The molecule has 1 aliphatic rings. The maximum atomic E-state index is 12.9. The summed E-state index contributed by atoms with van der Waals surface area (Å²) in [5.41, 5.74) is 2.03. The van der Waals surface area contributed by atoms with Gasteiger partial charge in [-0.15, -0.1) is 28.1 Å². The summed E-state index contributed by atoms with van der Waals surface area (Å²) in [4.78, 5) is 25.7. The molecule has 1 fully saturated rings. The number of rotatable bonds is 11. The van der Waals surface area contributed by atoms with Gasteiger partial charge in [-0.3, -0.25) is 4.79 Å². The van der Waals surface area contributed by atoms with Crippen LogP contribution in [0, 0.1) is 5.92 Å². The van der Waals surface area contributed by atoms with E-state index in [0.717, 1.165) is 23.4 Å². The summed E-state index contributed by atoms with van der Waals surface area (Å²) in [6.07, 6.45) is 9.10. The highest BCUT2D eigenvalue weighted by Gasteiger charge is 2.24. The highest BCUT2D eigenvalue weighted by Crippen LogP contribution is 2.36. The predicted molar refractivity (Wildman–Crippen MR) is 146 cm³/mol. The van der Waals surface area contributed by atoms with Crippen LogP contribution in [0.3, 0.4) is 0 Å². The van der Waals surface area contributed by atoms with E-state index < -0.39 is 5.97 Å². The van der Waals surface area contributed by atoms with Crippen LogP contribution in [-0.2, 0) is 22.5 Å². The lowest BCUT2D eigenvalue weighted by Gasteiger charge is -2.21. The molecular weight excluding hydrogens is 492 g/mol. The monoisotopic (exact) mass is 524 g/mol. The molecule has 9 heteroatoms. The number of hydrogen-bond donors (Lipinski definition) is 1. The van der Waals surface area contributed by atoms with Crippen LogP contribution in [0.25, 0.3) is 11.1 Å². The van der Waals surface area contributed by atoms with Gasteiger partial charge < -0.3 is 14.6 Å². The number of nitrogens with one attached hydrogen (secondary N) is 1. The van der Waals surface area contributed by atoms with Gasteiger partial charge in [0.25, 0.3) is 0 Å². The minimum atomic E-state index is -0.446. The first kappa shape index (κ1) is 26.2. The molecule has 36 heavy (non-hydrogen) atoms. The van der Waals surface area contributed by atoms with Crippen LogP contribution in [-0.4, -0.2) is 39.0 Å². The quantitative estimate of drug-likeness (QED) is 0.182. The van der Waals surface area contributed by atoms with Gasteiger partial charge in [-0.05, 0) is 18.4 Å². The molecular formula is C27H32N4O3S2. The van der Waals surface area contributed by atoms with Gasteiger partial charge in [0.1, 0.15) is 16.4 Å². The van der Waals surface area contributed by atoms with E-state index >= 15 is 0 Å². The van der Waals surface area contributed by atoms with Gasteiger partial charge in [0, 0.05) is 23.9 Å². The first-order valence-corrected chi connectivity index (χ1v) is 14.3. The zero-order valence-corrected chi connectivity index (χ0v) is 22.2. The summed E-state index contributed by atoms with van der Waals surface area (Å²) in [5.74, 6) is 1.10. The van der Waals surface area contributed by atoms with Crippen molar-refractivity contribution in [2.24, 2.45) is 5.92 Å². The molecule has 1 amide bonds. The average Bonchev–Trinajstić information content (AvgIpc) is 3.48. The number of allylic oxidation sites excluding steroid dienone is 1. The van der Waals surface area contributed by atoms with Crippen LogP contribution < -0.4 is 5.32 Å². The van der Waals surface area contributed by atoms with Crippen LogP contribution in [0.4, 0.5) is 5.00 Å². The third kappa shape index (κ3) is 6.44. The predicted octanol–water partition coefficient (Wildman–Crippen LogP) is 6.22. The van der Waals surface area contributed by atoms with Crippen molar-refractivity contribution in [2.75, 3.05) is 17.7 Å². The Hall–Kier alpha value is -2.91. The summed E-state index contributed by atoms with van der Waals surface area (Å²) in [6, 6.07) is 9.62. The van der Waals surface area contributed by atoms with E-state index in [1.807, 2.05) is 41.8 Å². The maximum Gasteiger partial charge on any atom is 0.341 e. The SMILES string of the molecule is C=CCn1c(CC2CCCCC2)nnc1SCC(=O)Nc1scc(-c2ccccc2)c1C(=O)OCC. The third-order valence-corrected chi connectivity index (χ3v) is 8.10. The molecule has 1 aromatic carbocycles. The van der Waals surface area contributed by atoms with Crippen molar-refractivity contribution >= 4 is 40.0 Å². The van der Waals surface area contributed by atoms with Crippen molar-refractivity contribution in [1.29, 1.82) is 0 Å². The summed E-state index contributed by atoms with van der Waals surface area (Å²) in [5, 5.41) is 14.8. The molecule has 1 saturated carbocycles. The van der Waals surface area contributed by atoms with Crippen molar-refractivity contribution in [3.05, 3.63) is 59.8 Å². The van der Waals surface area contributed by atoms with E-state index in [9.17, 15) is 9.59 Å². The molecule has 7 nitrogen and oxygen atoms in total. The first-order chi connectivity index (χ1) is 17.6. The van der Waals surface area contributed by atoms with Gasteiger partial charge in [-0.1, -0.05) is 80.3 Å². The van der Waals surface area contributed by atoms with E-state index in [4.69, 9.17) is 4.74 Å². The number of thioether (sulfide) groups is 1. The minimum Gasteiger partial charge on any atom is -0.462 e. The topological polar surface area (TPSA) is 86.1 Å². The van der Waals surface area contributed by atoms with Crippen molar-refractivity contribution in [2.45, 2.75) is 57.1 Å². The summed E-state index contributed by atoms with van der Waals surface area (Å²) < 4.78 is 7.35. The zero-order valence-electron chi connectivity index (χ0n) is 20.6. The molecule has 2 heterocycles. The van der Waals surface area contributed by atoms with Crippen LogP contribution in [0.2, 0.25) is 0 Å². The second kappa shape index (κ2) is 12.9. The molecule has 0 aliphatic heterocycles. The van der Waals surface area contributed by atoms with E-state index in [-0.39, 0.29) is 18.3 Å². The second-order valence-electron chi connectivity index (χ2n) is 8.78. The lowest BCUT2D eigenvalue weighted by atomic mass is 9.87. The number of aromatic nitrogens is 3. The van der Waals surface area contributed by atoms with E-state index in [2.05, 4.69) is 26.7 Å². The minimum absolute atomic E-state index is 0.152. The van der Waals surface area contributed by atoms with Crippen molar-refractivity contribution in [3.8, 4) is 11.1 Å². The maximum absolute atomic E-state index is 12.9. The highest BCUT2D eigenvalue weighted by atomic mass is 32.2. The number of thiophene rings is 1. The Morgan fingerprint density at radius 1 is 1.22 bits per heavy atom. The Balaban J connectivity index is 1.45. The molecule has 0 bridgehead atoms. The van der Waals surface area contributed by atoms with Gasteiger partial charge in [0.15, 0.2) is 5.16 Å². The number of anilines is 1. The van der Waals surface area contributed by atoms with Crippen LogP contribution in [0.15, 0.2) is 53.5 Å². The molecule has 0 spiro atoms. The normalized spacial score (nSPS) is 13.9. The average molecular weight is 525 g/mol. The lowest BCUT2D eigenvalue weighted by molar-refractivity contribution is -0.113. The van der Waals surface area contributed by atoms with Gasteiger partial charge >= 0.3 is 5.97 Å². The molecule has 1 aliphatic carbocycles. The third-order valence-electron chi connectivity index (χ3n) is 6.24. The van der Waals surface area contributed by atoms with Crippen molar-refractivity contribution in [1.82, 2.24) is 14.8 Å². The van der Waals surface area contributed by atoms with Gasteiger partial charge in [-0.2, -0.15) is 0 Å². The Labute approximate surface area is 220 Å². The molecule has 3 aromatic rings. The molecule has 2 aromatic heterocycles. The molecule has 0 atom stereocenters. The zero-order chi connectivity index (χ0) is 25.3. The fourth-order valence-electron chi connectivity index (χ4n) is 4.52. The molecule has 1 N–H and O–H groups in total. The number of amides is 1. The van der Waals surface area contributed by atoms with E-state index in [1.54, 1.807) is 6.92 Å². The van der Waals surface area contributed by atoms with Gasteiger partial charge in [-0.25, -0.2) is 4.79 Å². The van der Waals surface area contributed by atoms with E-state index in [0.29, 0.717) is 28.2 Å². The summed E-state index contributed by atoms with van der Waals surface area (Å²) >= 11 is 2.66. The number of hydrogen-bond acceptors (Lipinski definition) is 7. The number of ether oxygens (including phenoxy) is 1. The molecule has 0 saturated heterocycles. The van der Waals surface area contributed by atoms with Gasteiger partial charge in [0.2, 0.25) is 5.91 Å². The Morgan fingerprint density at radius 3 is 2.72 bits per heavy atom. The number of benzene rings is 1. The van der Waals surface area contributed by atoms with Crippen LogP contribution >= 0.6 is 23.1 Å².